The van der Waals surface area contributed by atoms with Crippen LogP contribution in [-0.4, -0.2) is 66.7 Å². The highest BCUT2D eigenvalue weighted by Crippen LogP contribution is 2.50. The Morgan fingerprint density at radius 2 is 1.55 bits per heavy atom. The lowest BCUT2D eigenvalue weighted by molar-refractivity contribution is 0.0537. The third kappa shape index (κ3) is 9.01. The largest absolute Gasteiger partial charge is 0.475 e. The molecular formula is C52H56N6O6SSi. The van der Waals surface area contributed by atoms with Crippen molar-refractivity contribution in [1.29, 1.82) is 0 Å². The van der Waals surface area contributed by atoms with Crippen LogP contribution in [-0.2, 0) is 21.0 Å². The van der Waals surface area contributed by atoms with E-state index in [1.807, 2.05) is 50.2 Å². The number of fused-ring (bicyclic) bond motifs is 5. The van der Waals surface area contributed by atoms with E-state index in [-0.39, 0.29) is 57.7 Å². The van der Waals surface area contributed by atoms with E-state index in [1.54, 1.807) is 29.3 Å². The van der Waals surface area contributed by atoms with Crippen LogP contribution in [0.5, 0.6) is 5.88 Å². The number of hydrogen-bond acceptors (Lipinski definition) is 10. The minimum atomic E-state index is -4.23. The number of amides is 1. The second kappa shape index (κ2) is 17.5. The van der Waals surface area contributed by atoms with Gasteiger partial charge in [0.15, 0.2) is 0 Å². The summed E-state index contributed by atoms with van der Waals surface area (Å²) in [6.07, 6.45) is 4.31. The second-order valence-corrected chi connectivity index (χ2v) is 25.3. The fourth-order valence-electron chi connectivity index (χ4n) is 9.29. The Morgan fingerprint density at radius 1 is 0.879 bits per heavy atom. The molecule has 14 heteroatoms. The molecule has 9 rings (SSSR count). The highest BCUT2D eigenvalue weighted by Gasteiger charge is 2.50. The lowest BCUT2D eigenvalue weighted by Gasteiger charge is -2.43. The van der Waals surface area contributed by atoms with E-state index >= 15 is 0 Å². The van der Waals surface area contributed by atoms with Crippen LogP contribution in [0.4, 0.5) is 5.95 Å². The number of carbonyl (C=O) groups is 1. The van der Waals surface area contributed by atoms with Crippen LogP contribution < -0.4 is 19.8 Å². The normalized spacial score (nSPS) is 17.5. The first kappa shape index (κ1) is 45.0. The molecule has 1 saturated carbocycles. The van der Waals surface area contributed by atoms with Crippen molar-refractivity contribution in [2.24, 2.45) is 5.41 Å². The molecule has 1 aliphatic carbocycles. The summed E-state index contributed by atoms with van der Waals surface area (Å²) >= 11 is 0. The third-order valence-corrected chi connectivity index (χ3v) is 19.4. The number of sulfonamides is 1. The molecule has 4 heterocycles. The van der Waals surface area contributed by atoms with Crippen LogP contribution in [0.1, 0.15) is 92.7 Å². The van der Waals surface area contributed by atoms with Crippen LogP contribution in [0.2, 0.25) is 5.04 Å². The van der Waals surface area contributed by atoms with Crippen molar-refractivity contribution in [3.8, 4) is 17.1 Å². The first-order valence-electron chi connectivity index (χ1n) is 22.5. The van der Waals surface area contributed by atoms with Gasteiger partial charge in [-0.05, 0) is 83.3 Å². The quantitative estimate of drug-likeness (QED) is 0.124. The number of benzene rings is 4. The number of aryl methyl sites for hydroxylation is 2. The number of nitrogens with zero attached hydrogens (tertiary/aromatic N) is 5. The highest BCUT2D eigenvalue weighted by molar-refractivity contribution is 7.92. The summed E-state index contributed by atoms with van der Waals surface area (Å²) in [6.45, 7) is 15.6. The van der Waals surface area contributed by atoms with Crippen LogP contribution >= 0.6 is 0 Å². The van der Waals surface area contributed by atoms with Gasteiger partial charge in [-0.3, -0.25) is 4.79 Å². The van der Waals surface area contributed by atoms with E-state index in [4.69, 9.17) is 23.5 Å². The molecule has 1 aliphatic heterocycles. The molecule has 1 fully saturated rings. The van der Waals surface area contributed by atoms with Crippen LogP contribution in [0.3, 0.4) is 0 Å². The molecule has 2 aliphatic rings. The van der Waals surface area contributed by atoms with Gasteiger partial charge < -0.3 is 18.5 Å². The number of anilines is 1. The van der Waals surface area contributed by atoms with Gasteiger partial charge in [0.05, 0.1) is 35.1 Å². The monoisotopic (exact) mass is 920 g/mol. The number of nitrogens with one attached hydrogen (secondary N) is 1. The van der Waals surface area contributed by atoms with Gasteiger partial charge in [0, 0.05) is 35.8 Å². The molecule has 1 unspecified atom stereocenters. The van der Waals surface area contributed by atoms with E-state index in [0.717, 1.165) is 29.5 Å². The highest BCUT2D eigenvalue weighted by atomic mass is 32.2. The third-order valence-electron chi connectivity index (χ3n) is 13.1. The van der Waals surface area contributed by atoms with Crippen molar-refractivity contribution >= 4 is 51.8 Å². The molecule has 66 heavy (non-hydrogen) atoms. The van der Waals surface area contributed by atoms with Crippen molar-refractivity contribution < 1.29 is 26.8 Å². The first-order chi connectivity index (χ1) is 31.5. The summed E-state index contributed by atoms with van der Waals surface area (Å²) in [5, 5.41) is 2.22. The average Bonchev–Trinajstić information content (AvgIpc) is 3.87. The van der Waals surface area contributed by atoms with Crippen LogP contribution in [0.15, 0.2) is 131 Å². The Kier molecular flexibility index (Phi) is 11.9. The van der Waals surface area contributed by atoms with E-state index in [2.05, 4.69) is 97.8 Å². The maximum Gasteiger partial charge on any atom is 0.264 e. The fourth-order valence-corrected chi connectivity index (χ4v) is 14.9. The molecule has 0 radical (unpaired) electrons. The molecule has 12 nitrogen and oxygen atoms in total. The molecular weight excluding hydrogens is 865 g/mol. The van der Waals surface area contributed by atoms with Gasteiger partial charge in [0.2, 0.25) is 17.5 Å². The zero-order chi connectivity index (χ0) is 46.4. The summed E-state index contributed by atoms with van der Waals surface area (Å²) in [5.74, 6) is 0.258. The lowest BCUT2D eigenvalue weighted by atomic mass is 9.97. The molecule has 0 spiro atoms. The maximum atomic E-state index is 14.9. The van der Waals surface area contributed by atoms with E-state index in [0.29, 0.717) is 41.4 Å². The lowest BCUT2D eigenvalue weighted by Crippen LogP contribution is -2.66. The average molecular weight is 921 g/mol. The topological polar surface area (TPSA) is 150 Å². The van der Waals surface area contributed by atoms with Gasteiger partial charge >= 0.3 is 0 Å². The predicted molar refractivity (Wildman–Crippen MR) is 259 cm³/mol. The zero-order valence-corrected chi connectivity index (χ0v) is 40.4. The van der Waals surface area contributed by atoms with Gasteiger partial charge in [0.25, 0.3) is 24.2 Å². The fraction of sp³-hybridized carbons (Fsp3) is 0.327. The number of ether oxygens (including phenoxy) is 1. The predicted octanol–water partition coefficient (Wildman–Crippen LogP) is 9.37. The zero-order valence-electron chi connectivity index (χ0n) is 38.5. The van der Waals surface area contributed by atoms with Gasteiger partial charge in [0.1, 0.15) is 17.9 Å². The number of carbonyl (C=O) groups excluding carboxylic acids is 1. The Labute approximate surface area is 388 Å². The Morgan fingerprint density at radius 3 is 2.20 bits per heavy atom. The minimum Gasteiger partial charge on any atom is -0.475 e. The summed E-state index contributed by atoms with van der Waals surface area (Å²) in [4.78, 5) is 35.5. The van der Waals surface area contributed by atoms with Crippen molar-refractivity contribution in [1.82, 2.24) is 24.8 Å². The SMILES string of the molecule is Cc1cccc(C)c1-c1cc2nc(n1)NS(=O)(=O)c1cccc(c1)C(=O)N(Cc1cnc3oc(C(C)CO[Si](c4ccccc4)(c4ccccc4)C(C)(C)C)cc3n1)[C@H](CC1(C)CC1)CO2. The molecule has 1 amide bonds. The molecule has 2 atom stereocenters. The molecule has 1 N–H and O–H groups in total. The summed E-state index contributed by atoms with van der Waals surface area (Å²) in [7, 11) is -7.03. The number of hydrogen-bond donors (Lipinski definition) is 1. The maximum absolute atomic E-state index is 14.9. The molecule has 340 valence electrons. The van der Waals surface area contributed by atoms with Gasteiger partial charge in [-0.1, -0.05) is 120 Å². The van der Waals surface area contributed by atoms with Gasteiger partial charge in [-0.15, -0.1) is 0 Å². The second-order valence-electron chi connectivity index (χ2n) is 19.3. The molecule has 4 bridgehead atoms. The van der Waals surface area contributed by atoms with Gasteiger partial charge in [-0.25, -0.2) is 28.1 Å². The minimum absolute atomic E-state index is 0.00469. The van der Waals surface area contributed by atoms with Crippen LogP contribution in [0, 0.1) is 19.3 Å². The Bertz CT molecular complexity index is 2970. The van der Waals surface area contributed by atoms with E-state index in [9.17, 15) is 13.2 Å². The first-order valence-corrected chi connectivity index (χ1v) is 25.9. The Balaban J connectivity index is 1.05. The molecule has 7 aromatic rings. The van der Waals surface area contributed by atoms with Crippen LogP contribution in [0.25, 0.3) is 22.5 Å². The summed E-state index contributed by atoms with van der Waals surface area (Å²) < 4.78 is 50.6. The van der Waals surface area contributed by atoms with Crippen molar-refractivity contribution in [2.75, 3.05) is 17.9 Å². The molecule has 3 aromatic heterocycles. The smallest absolute Gasteiger partial charge is 0.264 e. The Hall–Kier alpha value is -6.22. The number of furan rings is 1. The standard InChI is InChI=1S/C52H56N6O6SSi/c1-34-16-14-17-35(2)47(34)43-28-46-56-50(55-43)57-65(60,61)40-19-15-18-37(26-40)49(59)58(39(33-62-46)29-52(7)24-25-52)31-38-30-53-48-44(54-38)27-45(64-48)36(3)32-63-66(51(4,5)6,41-20-10-8-11-21-41)42-22-12-9-13-23-42/h8-23,26-28,30,36,39H,24-25,29,31-33H2,1-7H3,(H,55,56,57)/t36?,39-/m1/s1. The van der Waals surface area contributed by atoms with Crippen molar-refractivity contribution in [3.05, 3.63) is 150 Å². The molecule has 4 aromatic carbocycles. The number of aromatic nitrogens is 4. The van der Waals surface area contributed by atoms with E-state index < -0.39 is 24.4 Å². The summed E-state index contributed by atoms with van der Waals surface area (Å²) in [5.41, 5.74) is 5.00. The van der Waals surface area contributed by atoms with Gasteiger partial charge in [-0.2, -0.15) is 4.98 Å². The summed E-state index contributed by atoms with van der Waals surface area (Å²) in [6, 6.07) is 36.3. The number of rotatable bonds is 11. The van der Waals surface area contributed by atoms with Crippen molar-refractivity contribution in [3.63, 3.8) is 0 Å². The molecule has 0 saturated heterocycles. The van der Waals surface area contributed by atoms with Crippen molar-refractivity contribution in [2.45, 2.75) is 96.2 Å². The van der Waals surface area contributed by atoms with E-state index in [1.165, 1.54) is 22.5 Å².